The first-order chi connectivity index (χ1) is 9.40. The van der Waals surface area contributed by atoms with Gasteiger partial charge in [0.05, 0.1) is 0 Å². The molecule has 2 aliphatic carbocycles. The highest BCUT2D eigenvalue weighted by Crippen LogP contribution is 2.34. The molecule has 1 heterocycles. The molecule has 1 unspecified atom stereocenters. The van der Waals surface area contributed by atoms with E-state index in [1.54, 1.807) is 11.1 Å². The molecule has 19 heavy (non-hydrogen) atoms. The Labute approximate surface area is 116 Å². The zero-order chi connectivity index (χ0) is 12.7. The summed E-state index contributed by atoms with van der Waals surface area (Å²) in [5, 5.41) is 3.67. The van der Waals surface area contributed by atoms with Gasteiger partial charge in [0.2, 0.25) is 0 Å². The zero-order valence-corrected chi connectivity index (χ0v) is 11.6. The third-order valence-corrected chi connectivity index (χ3v) is 5.11. The zero-order valence-electron chi connectivity index (χ0n) is 11.6. The minimum atomic E-state index is 0.754. The van der Waals surface area contributed by atoms with E-state index in [0.29, 0.717) is 0 Å². The van der Waals surface area contributed by atoms with Crippen LogP contribution in [0.3, 0.4) is 0 Å². The predicted molar refractivity (Wildman–Crippen MR) is 78.4 cm³/mol. The fourth-order valence-corrected chi connectivity index (χ4v) is 3.94. The van der Waals surface area contributed by atoms with Gasteiger partial charge >= 0.3 is 0 Å². The topological polar surface area (TPSA) is 15.3 Å². The fourth-order valence-electron chi connectivity index (χ4n) is 3.94. The molecule has 1 atom stereocenters. The van der Waals surface area contributed by atoms with Gasteiger partial charge in [0.25, 0.3) is 0 Å². The lowest BCUT2D eigenvalue weighted by molar-refractivity contribution is 0.174. The summed E-state index contributed by atoms with van der Waals surface area (Å²) in [5.41, 5.74) is 3.19. The van der Waals surface area contributed by atoms with Gasteiger partial charge in [0.1, 0.15) is 0 Å². The van der Waals surface area contributed by atoms with E-state index in [1.807, 2.05) is 0 Å². The second-order valence-corrected chi connectivity index (χ2v) is 6.55. The van der Waals surface area contributed by atoms with E-state index in [9.17, 15) is 0 Å². The van der Waals surface area contributed by atoms with Gasteiger partial charge < -0.3 is 5.32 Å². The highest BCUT2D eigenvalue weighted by molar-refractivity contribution is 5.33. The number of fused-ring (bicyclic) bond motifs is 1. The summed E-state index contributed by atoms with van der Waals surface area (Å²) >= 11 is 0. The van der Waals surface area contributed by atoms with E-state index < -0.39 is 0 Å². The van der Waals surface area contributed by atoms with Crippen molar-refractivity contribution in [3.05, 3.63) is 35.4 Å². The summed E-state index contributed by atoms with van der Waals surface area (Å²) < 4.78 is 0. The molecule has 1 N–H and O–H groups in total. The van der Waals surface area contributed by atoms with E-state index in [-0.39, 0.29) is 0 Å². The van der Waals surface area contributed by atoms with E-state index in [4.69, 9.17) is 0 Å². The van der Waals surface area contributed by atoms with Crippen molar-refractivity contribution in [2.45, 2.75) is 56.7 Å². The standard InChI is InChI=1S/C17H24N2/c1-2-5-14-11-17(10-13(14)4-1)19(16-7-8-16)12-15-6-3-9-18-15/h1-2,4-5,15-18H,3,6-12H2. The van der Waals surface area contributed by atoms with Crippen LogP contribution >= 0.6 is 0 Å². The molecule has 0 bridgehead atoms. The predicted octanol–water partition coefficient (Wildman–Crippen LogP) is 2.37. The highest BCUT2D eigenvalue weighted by Gasteiger charge is 2.37. The maximum Gasteiger partial charge on any atom is 0.0195 e. The number of rotatable bonds is 4. The molecule has 1 aromatic rings. The summed E-state index contributed by atoms with van der Waals surface area (Å²) in [6, 6.07) is 11.5. The SMILES string of the molecule is c1ccc2c(c1)CC(N(CC1CCCN1)C1CC1)C2. The van der Waals surface area contributed by atoms with E-state index >= 15 is 0 Å². The molecule has 0 amide bonds. The van der Waals surface area contributed by atoms with Gasteiger partial charge in [0.15, 0.2) is 0 Å². The van der Waals surface area contributed by atoms with Gasteiger partial charge in [-0.2, -0.15) is 0 Å². The Kier molecular flexibility index (Phi) is 3.08. The number of benzene rings is 1. The third-order valence-electron chi connectivity index (χ3n) is 5.11. The van der Waals surface area contributed by atoms with Crippen LogP contribution in [0.5, 0.6) is 0 Å². The summed E-state index contributed by atoms with van der Waals surface area (Å²) in [6.45, 7) is 2.51. The highest BCUT2D eigenvalue weighted by atomic mass is 15.2. The van der Waals surface area contributed by atoms with Crippen LogP contribution in [0.2, 0.25) is 0 Å². The number of hydrogen-bond donors (Lipinski definition) is 1. The Morgan fingerprint density at radius 1 is 1.00 bits per heavy atom. The van der Waals surface area contributed by atoms with Gasteiger partial charge in [-0.25, -0.2) is 0 Å². The Morgan fingerprint density at radius 3 is 2.32 bits per heavy atom. The average molecular weight is 256 g/mol. The smallest absolute Gasteiger partial charge is 0.0195 e. The molecular formula is C17H24N2. The molecule has 0 spiro atoms. The van der Waals surface area contributed by atoms with Gasteiger partial charge in [0, 0.05) is 24.7 Å². The maximum absolute atomic E-state index is 3.67. The van der Waals surface area contributed by atoms with Crippen LogP contribution in [0.4, 0.5) is 0 Å². The molecule has 2 fully saturated rings. The van der Waals surface area contributed by atoms with Crippen LogP contribution in [0.25, 0.3) is 0 Å². The summed E-state index contributed by atoms with van der Waals surface area (Å²) in [6.07, 6.45) is 8.16. The van der Waals surface area contributed by atoms with Gasteiger partial charge in [-0.05, 0) is 56.2 Å². The quantitative estimate of drug-likeness (QED) is 0.890. The van der Waals surface area contributed by atoms with Crippen LogP contribution in [-0.2, 0) is 12.8 Å². The Bertz CT molecular complexity index is 421. The van der Waals surface area contributed by atoms with Crippen LogP contribution in [-0.4, -0.2) is 36.1 Å². The number of nitrogens with one attached hydrogen (secondary N) is 1. The monoisotopic (exact) mass is 256 g/mol. The molecular weight excluding hydrogens is 232 g/mol. The van der Waals surface area contributed by atoms with Crippen LogP contribution in [0.1, 0.15) is 36.8 Å². The first-order valence-corrected chi connectivity index (χ1v) is 7.96. The Morgan fingerprint density at radius 2 is 1.74 bits per heavy atom. The second-order valence-electron chi connectivity index (χ2n) is 6.55. The van der Waals surface area contributed by atoms with Crippen molar-refractivity contribution in [2.75, 3.05) is 13.1 Å². The number of hydrogen-bond acceptors (Lipinski definition) is 2. The van der Waals surface area contributed by atoms with E-state index in [1.165, 1.54) is 51.6 Å². The van der Waals surface area contributed by atoms with Crippen LogP contribution in [0, 0.1) is 0 Å². The second kappa shape index (κ2) is 4.92. The summed E-state index contributed by atoms with van der Waals surface area (Å²) in [7, 11) is 0. The van der Waals surface area contributed by atoms with Crippen molar-refractivity contribution in [3.8, 4) is 0 Å². The summed E-state index contributed by atoms with van der Waals surface area (Å²) in [5.74, 6) is 0. The maximum atomic E-state index is 3.67. The van der Waals surface area contributed by atoms with Crippen molar-refractivity contribution in [1.29, 1.82) is 0 Å². The van der Waals surface area contributed by atoms with E-state index in [0.717, 1.165) is 18.1 Å². The molecule has 3 aliphatic rings. The van der Waals surface area contributed by atoms with Gasteiger partial charge in [-0.15, -0.1) is 0 Å². The first-order valence-electron chi connectivity index (χ1n) is 7.96. The lowest BCUT2D eigenvalue weighted by atomic mass is 10.1. The molecule has 1 aliphatic heterocycles. The molecule has 0 radical (unpaired) electrons. The molecule has 2 heteroatoms. The average Bonchev–Trinajstić information content (AvgIpc) is 2.99. The van der Waals surface area contributed by atoms with Gasteiger partial charge in [-0.3, -0.25) is 4.90 Å². The van der Waals surface area contributed by atoms with Crippen molar-refractivity contribution in [3.63, 3.8) is 0 Å². The fraction of sp³-hybridized carbons (Fsp3) is 0.647. The molecule has 1 saturated heterocycles. The lowest BCUT2D eigenvalue weighted by Gasteiger charge is -2.31. The molecule has 2 nitrogen and oxygen atoms in total. The van der Waals surface area contributed by atoms with Crippen LogP contribution < -0.4 is 5.32 Å². The largest absolute Gasteiger partial charge is 0.313 e. The van der Waals surface area contributed by atoms with Crippen molar-refractivity contribution in [2.24, 2.45) is 0 Å². The molecule has 1 saturated carbocycles. The molecule has 102 valence electrons. The Hall–Kier alpha value is -0.860. The minimum Gasteiger partial charge on any atom is -0.313 e. The molecule has 0 aromatic heterocycles. The lowest BCUT2D eigenvalue weighted by Crippen LogP contribution is -2.45. The molecule has 1 aromatic carbocycles. The van der Waals surface area contributed by atoms with Crippen LogP contribution in [0.15, 0.2) is 24.3 Å². The van der Waals surface area contributed by atoms with Crippen molar-refractivity contribution < 1.29 is 0 Å². The van der Waals surface area contributed by atoms with Gasteiger partial charge in [-0.1, -0.05) is 24.3 Å². The normalized spacial score (nSPS) is 27.1. The third kappa shape index (κ3) is 2.44. The first kappa shape index (κ1) is 11.9. The van der Waals surface area contributed by atoms with Crippen molar-refractivity contribution in [1.82, 2.24) is 10.2 Å². The molecule has 4 rings (SSSR count). The summed E-state index contributed by atoms with van der Waals surface area (Å²) in [4.78, 5) is 2.84. The number of nitrogens with zero attached hydrogens (tertiary/aromatic N) is 1. The van der Waals surface area contributed by atoms with E-state index in [2.05, 4.69) is 34.5 Å². The van der Waals surface area contributed by atoms with Crippen molar-refractivity contribution >= 4 is 0 Å². The minimum absolute atomic E-state index is 0.754. The Balaban J connectivity index is 1.47.